The van der Waals surface area contributed by atoms with Crippen LogP contribution in [0, 0.1) is 5.82 Å². The van der Waals surface area contributed by atoms with Crippen LogP contribution in [0.3, 0.4) is 0 Å². The van der Waals surface area contributed by atoms with E-state index in [0.717, 1.165) is 18.4 Å². The Kier molecular flexibility index (Phi) is 5.06. The summed E-state index contributed by atoms with van der Waals surface area (Å²) >= 11 is 5.76. The second-order valence-electron chi connectivity index (χ2n) is 3.85. The zero-order valence-electron chi connectivity index (χ0n) is 9.19. The van der Waals surface area contributed by atoms with Gasteiger partial charge >= 0.3 is 0 Å². The van der Waals surface area contributed by atoms with Crippen LogP contribution in [-0.4, -0.2) is 6.04 Å². The normalized spacial score (nSPS) is 12.8. The first-order chi connectivity index (χ1) is 7.11. The number of rotatable bonds is 5. The lowest BCUT2D eigenvalue weighted by Crippen LogP contribution is -2.25. The number of hydrogen-bond donors (Lipinski definition) is 1. The van der Waals surface area contributed by atoms with Gasteiger partial charge in [-0.15, -0.1) is 0 Å². The van der Waals surface area contributed by atoms with Crippen molar-refractivity contribution in [1.29, 1.82) is 0 Å². The molecule has 0 saturated heterocycles. The fourth-order valence-electron chi connectivity index (χ4n) is 1.54. The lowest BCUT2D eigenvalue weighted by Gasteiger charge is -2.12. The standard InChI is InChI=1S/C12H17ClFN/c1-3-4-9(2)15-8-10-5-11(13)7-12(14)6-10/h5-7,9,15H,3-4,8H2,1-2H3. The van der Waals surface area contributed by atoms with Crippen LogP contribution >= 0.6 is 11.6 Å². The van der Waals surface area contributed by atoms with Crippen LogP contribution in [0.15, 0.2) is 18.2 Å². The highest BCUT2D eigenvalue weighted by atomic mass is 35.5. The third-order valence-electron chi connectivity index (χ3n) is 2.30. The van der Waals surface area contributed by atoms with Crippen molar-refractivity contribution < 1.29 is 4.39 Å². The van der Waals surface area contributed by atoms with Crippen LogP contribution < -0.4 is 5.32 Å². The van der Waals surface area contributed by atoms with E-state index in [4.69, 9.17) is 11.6 Å². The molecule has 0 heterocycles. The smallest absolute Gasteiger partial charge is 0.125 e. The molecule has 3 heteroatoms. The fourth-order valence-corrected chi connectivity index (χ4v) is 1.78. The first-order valence-electron chi connectivity index (χ1n) is 5.30. The van der Waals surface area contributed by atoms with E-state index < -0.39 is 0 Å². The molecule has 0 aliphatic carbocycles. The number of hydrogen-bond acceptors (Lipinski definition) is 1. The number of nitrogens with one attached hydrogen (secondary N) is 1. The predicted molar refractivity (Wildman–Crippen MR) is 62.6 cm³/mol. The Morgan fingerprint density at radius 3 is 2.73 bits per heavy atom. The predicted octanol–water partition coefficient (Wildman–Crippen LogP) is 3.76. The summed E-state index contributed by atoms with van der Waals surface area (Å²) in [7, 11) is 0. The van der Waals surface area contributed by atoms with E-state index in [1.54, 1.807) is 6.07 Å². The maximum Gasteiger partial charge on any atom is 0.125 e. The van der Waals surface area contributed by atoms with E-state index in [-0.39, 0.29) is 5.82 Å². The van der Waals surface area contributed by atoms with E-state index in [0.29, 0.717) is 17.6 Å². The molecule has 1 nitrogen and oxygen atoms in total. The van der Waals surface area contributed by atoms with E-state index in [2.05, 4.69) is 19.2 Å². The summed E-state index contributed by atoms with van der Waals surface area (Å²) in [5.41, 5.74) is 0.892. The lowest BCUT2D eigenvalue weighted by molar-refractivity contribution is 0.507. The summed E-state index contributed by atoms with van der Waals surface area (Å²) in [6.07, 6.45) is 2.28. The maximum atomic E-state index is 13.0. The van der Waals surface area contributed by atoms with E-state index >= 15 is 0 Å². The molecular formula is C12H17ClFN. The van der Waals surface area contributed by atoms with Gasteiger partial charge in [0, 0.05) is 17.6 Å². The van der Waals surface area contributed by atoms with Crippen molar-refractivity contribution in [2.75, 3.05) is 0 Å². The average molecular weight is 230 g/mol. The topological polar surface area (TPSA) is 12.0 Å². The molecule has 1 atom stereocenters. The van der Waals surface area contributed by atoms with Gasteiger partial charge in [-0.2, -0.15) is 0 Å². The minimum absolute atomic E-state index is 0.276. The van der Waals surface area contributed by atoms with Gasteiger partial charge < -0.3 is 5.32 Å². The summed E-state index contributed by atoms with van der Waals surface area (Å²) in [5, 5.41) is 3.78. The molecule has 0 aliphatic heterocycles. The molecule has 0 aromatic heterocycles. The Hall–Kier alpha value is -0.600. The van der Waals surface area contributed by atoms with Gasteiger partial charge in [-0.25, -0.2) is 4.39 Å². The molecular weight excluding hydrogens is 213 g/mol. The molecule has 1 N–H and O–H groups in total. The molecule has 0 fully saturated rings. The SMILES string of the molecule is CCCC(C)NCc1cc(F)cc(Cl)c1. The Morgan fingerprint density at radius 2 is 2.13 bits per heavy atom. The highest BCUT2D eigenvalue weighted by molar-refractivity contribution is 6.30. The van der Waals surface area contributed by atoms with Crippen molar-refractivity contribution in [2.45, 2.75) is 39.3 Å². The molecule has 0 radical (unpaired) electrons. The lowest BCUT2D eigenvalue weighted by atomic mass is 10.1. The van der Waals surface area contributed by atoms with E-state index in [1.807, 2.05) is 0 Å². The van der Waals surface area contributed by atoms with Gasteiger partial charge in [0.1, 0.15) is 5.82 Å². The van der Waals surface area contributed by atoms with Crippen LogP contribution in [0.25, 0.3) is 0 Å². The zero-order valence-corrected chi connectivity index (χ0v) is 9.94. The maximum absolute atomic E-state index is 13.0. The highest BCUT2D eigenvalue weighted by Crippen LogP contribution is 2.14. The van der Waals surface area contributed by atoms with Crippen molar-refractivity contribution in [1.82, 2.24) is 5.32 Å². The van der Waals surface area contributed by atoms with E-state index in [1.165, 1.54) is 12.1 Å². The summed E-state index contributed by atoms with van der Waals surface area (Å²) in [4.78, 5) is 0. The Labute approximate surface area is 95.6 Å². The van der Waals surface area contributed by atoms with Crippen LogP contribution in [0.4, 0.5) is 4.39 Å². The van der Waals surface area contributed by atoms with Crippen LogP contribution in [0.2, 0.25) is 5.02 Å². The largest absolute Gasteiger partial charge is 0.310 e. The van der Waals surface area contributed by atoms with Crippen molar-refractivity contribution >= 4 is 11.6 Å². The summed E-state index contributed by atoms with van der Waals surface area (Å²) in [6, 6.07) is 5.08. The third-order valence-corrected chi connectivity index (χ3v) is 2.52. The van der Waals surface area contributed by atoms with Gasteiger partial charge in [-0.3, -0.25) is 0 Å². The molecule has 0 spiro atoms. The van der Waals surface area contributed by atoms with E-state index in [9.17, 15) is 4.39 Å². The van der Waals surface area contributed by atoms with Gasteiger partial charge in [0.15, 0.2) is 0 Å². The van der Waals surface area contributed by atoms with Crippen molar-refractivity contribution in [3.05, 3.63) is 34.6 Å². The average Bonchev–Trinajstić information content (AvgIpc) is 2.14. The Morgan fingerprint density at radius 1 is 1.40 bits per heavy atom. The van der Waals surface area contributed by atoms with Crippen LogP contribution in [0.1, 0.15) is 32.3 Å². The molecule has 1 unspecified atom stereocenters. The van der Waals surface area contributed by atoms with Crippen LogP contribution in [0.5, 0.6) is 0 Å². The van der Waals surface area contributed by atoms with Gasteiger partial charge in [-0.1, -0.05) is 24.9 Å². The molecule has 0 amide bonds. The first kappa shape index (κ1) is 12.5. The van der Waals surface area contributed by atoms with Gasteiger partial charge in [0.2, 0.25) is 0 Å². The quantitative estimate of drug-likeness (QED) is 0.811. The van der Waals surface area contributed by atoms with Crippen LogP contribution in [-0.2, 0) is 6.54 Å². The Balaban J connectivity index is 2.50. The van der Waals surface area contributed by atoms with Gasteiger partial charge in [0.25, 0.3) is 0 Å². The minimum Gasteiger partial charge on any atom is -0.310 e. The monoisotopic (exact) mass is 229 g/mol. The summed E-state index contributed by atoms with van der Waals surface area (Å²) in [5.74, 6) is -0.276. The molecule has 0 aliphatic rings. The van der Waals surface area contributed by atoms with Crippen molar-refractivity contribution in [3.63, 3.8) is 0 Å². The second kappa shape index (κ2) is 6.09. The number of benzene rings is 1. The molecule has 0 bridgehead atoms. The third kappa shape index (κ3) is 4.63. The molecule has 84 valence electrons. The molecule has 1 aromatic rings. The zero-order chi connectivity index (χ0) is 11.3. The highest BCUT2D eigenvalue weighted by Gasteiger charge is 2.02. The number of halogens is 2. The Bertz CT molecular complexity index is 294. The fraction of sp³-hybridized carbons (Fsp3) is 0.500. The molecule has 1 aromatic carbocycles. The molecule has 0 saturated carbocycles. The molecule has 1 rings (SSSR count). The minimum atomic E-state index is -0.276. The summed E-state index contributed by atoms with van der Waals surface area (Å²) < 4.78 is 13.0. The summed E-state index contributed by atoms with van der Waals surface area (Å²) in [6.45, 7) is 4.94. The van der Waals surface area contributed by atoms with Crippen molar-refractivity contribution in [2.24, 2.45) is 0 Å². The van der Waals surface area contributed by atoms with Gasteiger partial charge in [0.05, 0.1) is 0 Å². The van der Waals surface area contributed by atoms with Crippen molar-refractivity contribution in [3.8, 4) is 0 Å². The van der Waals surface area contributed by atoms with Gasteiger partial charge in [-0.05, 0) is 37.1 Å². The second-order valence-corrected chi connectivity index (χ2v) is 4.28. The molecule has 15 heavy (non-hydrogen) atoms. The first-order valence-corrected chi connectivity index (χ1v) is 5.68.